The molecular formula is C19H23N3O2. The lowest BCUT2D eigenvalue weighted by Crippen LogP contribution is -2.31. The summed E-state index contributed by atoms with van der Waals surface area (Å²) in [7, 11) is 3.25. The van der Waals surface area contributed by atoms with Gasteiger partial charge in [0.2, 0.25) is 0 Å². The number of aliphatic imine (C=N–C) groups is 1. The van der Waals surface area contributed by atoms with E-state index in [1.54, 1.807) is 14.2 Å². The number of nitrogens with zero attached hydrogens (tertiary/aromatic N) is 1. The molecule has 0 atom stereocenters. The van der Waals surface area contributed by atoms with E-state index in [-0.39, 0.29) is 6.04 Å². The van der Waals surface area contributed by atoms with Crippen molar-refractivity contribution >= 4 is 11.6 Å². The van der Waals surface area contributed by atoms with Crippen LogP contribution in [0.15, 0.2) is 53.5 Å². The number of rotatable bonds is 5. The number of hydrogen-bond donors (Lipinski definition) is 2. The van der Waals surface area contributed by atoms with Crippen LogP contribution in [0.4, 0.5) is 5.69 Å². The quantitative estimate of drug-likeness (QED) is 0.653. The molecule has 0 radical (unpaired) electrons. The first-order chi connectivity index (χ1) is 11.7. The second-order valence-corrected chi connectivity index (χ2v) is 5.94. The van der Waals surface area contributed by atoms with E-state index in [0.29, 0.717) is 17.6 Å². The van der Waals surface area contributed by atoms with Crippen molar-refractivity contribution in [3.8, 4) is 11.5 Å². The summed E-state index contributed by atoms with van der Waals surface area (Å²) in [6.07, 6.45) is 2.06. The molecule has 126 valence electrons. The molecular weight excluding hydrogens is 302 g/mol. The standard InChI is InChI=1S/C19H23N3O2/c1-23-16-8-9-18(24-2)17(12-16)22-19(20)21-15-10-14(11-15)13-6-4-3-5-7-13/h3-9,12,14-15H,10-11H2,1-2H3,(H3,20,21,22). The van der Waals surface area contributed by atoms with Gasteiger partial charge in [-0.1, -0.05) is 30.3 Å². The summed E-state index contributed by atoms with van der Waals surface area (Å²) in [5.41, 5.74) is 8.18. The number of hydrogen-bond acceptors (Lipinski definition) is 3. The van der Waals surface area contributed by atoms with Crippen molar-refractivity contribution in [1.82, 2.24) is 0 Å². The van der Waals surface area contributed by atoms with E-state index in [0.717, 1.165) is 24.3 Å². The second-order valence-electron chi connectivity index (χ2n) is 5.94. The average Bonchev–Trinajstić information content (AvgIpc) is 2.58. The average molecular weight is 325 g/mol. The predicted molar refractivity (Wildman–Crippen MR) is 97.0 cm³/mol. The SMILES string of the molecule is COc1ccc(OC)c(NC(N)=NC2CC(c3ccccc3)C2)c1. The predicted octanol–water partition coefficient (Wildman–Crippen LogP) is 3.38. The van der Waals surface area contributed by atoms with Crippen molar-refractivity contribution < 1.29 is 9.47 Å². The van der Waals surface area contributed by atoms with Gasteiger partial charge in [0.15, 0.2) is 5.96 Å². The Morgan fingerprint density at radius 2 is 1.83 bits per heavy atom. The molecule has 24 heavy (non-hydrogen) atoms. The largest absolute Gasteiger partial charge is 0.497 e. The van der Waals surface area contributed by atoms with Gasteiger partial charge in [-0.25, -0.2) is 4.99 Å². The van der Waals surface area contributed by atoms with Gasteiger partial charge >= 0.3 is 0 Å². The van der Waals surface area contributed by atoms with Crippen LogP contribution in [0.3, 0.4) is 0 Å². The van der Waals surface area contributed by atoms with Crippen LogP contribution in [0, 0.1) is 0 Å². The molecule has 5 heteroatoms. The molecule has 0 heterocycles. The van der Waals surface area contributed by atoms with Crippen molar-refractivity contribution in [2.24, 2.45) is 10.7 Å². The fraction of sp³-hybridized carbons (Fsp3) is 0.316. The molecule has 0 saturated heterocycles. The summed E-state index contributed by atoms with van der Waals surface area (Å²) in [5, 5.41) is 3.11. The maximum absolute atomic E-state index is 6.06. The monoisotopic (exact) mass is 325 g/mol. The Kier molecular flexibility index (Phi) is 4.89. The van der Waals surface area contributed by atoms with Gasteiger partial charge in [0.05, 0.1) is 25.9 Å². The van der Waals surface area contributed by atoms with Crippen molar-refractivity contribution in [1.29, 1.82) is 0 Å². The summed E-state index contributed by atoms with van der Waals surface area (Å²) < 4.78 is 10.6. The summed E-state index contributed by atoms with van der Waals surface area (Å²) in [4.78, 5) is 4.57. The van der Waals surface area contributed by atoms with Gasteiger partial charge in [0.25, 0.3) is 0 Å². The number of methoxy groups -OCH3 is 2. The van der Waals surface area contributed by atoms with Crippen LogP contribution in [0.25, 0.3) is 0 Å². The number of benzene rings is 2. The Morgan fingerprint density at radius 3 is 2.50 bits per heavy atom. The van der Waals surface area contributed by atoms with Crippen LogP contribution in [0.1, 0.15) is 24.3 Å². The minimum absolute atomic E-state index is 0.263. The lowest BCUT2D eigenvalue weighted by atomic mass is 9.76. The Hall–Kier alpha value is -2.69. The van der Waals surface area contributed by atoms with E-state index in [2.05, 4.69) is 34.6 Å². The number of ether oxygens (including phenoxy) is 2. The van der Waals surface area contributed by atoms with E-state index < -0.39 is 0 Å². The molecule has 2 aromatic carbocycles. The molecule has 1 fully saturated rings. The molecule has 5 nitrogen and oxygen atoms in total. The van der Waals surface area contributed by atoms with Crippen molar-refractivity contribution in [2.75, 3.05) is 19.5 Å². The van der Waals surface area contributed by atoms with Gasteiger partial charge in [-0.2, -0.15) is 0 Å². The fourth-order valence-electron chi connectivity index (χ4n) is 2.97. The maximum atomic E-state index is 6.06. The Bertz CT molecular complexity index is 710. The minimum Gasteiger partial charge on any atom is -0.497 e. The number of anilines is 1. The zero-order valence-corrected chi connectivity index (χ0v) is 14.0. The third-order valence-corrected chi connectivity index (χ3v) is 4.38. The lowest BCUT2D eigenvalue weighted by Gasteiger charge is -2.33. The van der Waals surface area contributed by atoms with Gasteiger partial charge in [-0.05, 0) is 36.5 Å². The first-order valence-corrected chi connectivity index (χ1v) is 8.07. The molecule has 1 aliphatic carbocycles. The lowest BCUT2D eigenvalue weighted by molar-refractivity contribution is 0.353. The molecule has 2 aromatic rings. The summed E-state index contributed by atoms with van der Waals surface area (Å²) in [6, 6.07) is 16.3. The molecule has 0 aliphatic heterocycles. The topological polar surface area (TPSA) is 68.9 Å². The van der Waals surface area contributed by atoms with Gasteiger partial charge < -0.3 is 20.5 Å². The molecule has 0 aromatic heterocycles. The molecule has 0 spiro atoms. The van der Waals surface area contributed by atoms with Gasteiger partial charge in [-0.3, -0.25) is 0 Å². The summed E-state index contributed by atoms with van der Waals surface area (Å²) >= 11 is 0. The minimum atomic E-state index is 0.263. The van der Waals surface area contributed by atoms with E-state index in [1.165, 1.54) is 5.56 Å². The molecule has 0 amide bonds. The van der Waals surface area contributed by atoms with Crippen LogP contribution in [-0.4, -0.2) is 26.2 Å². The van der Waals surface area contributed by atoms with E-state index in [9.17, 15) is 0 Å². The molecule has 3 N–H and O–H groups in total. The van der Waals surface area contributed by atoms with Gasteiger partial charge in [-0.15, -0.1) is 0 Å². The number of guanidine groups is 1. The van der Waals surface area contributed by atoms with E-state index >= 15 is 0 Å². The number of nitrogens with two attached hydrogens (primary N) is 1. The van der Waals surface area contributed by atoms with Crippen molar-refractivity contribution in [2.45, 2.75) is 24.8 Å². The highest BCUT2D eigenvalue weighted by molar-refractivity contribution is 5.94. The maximum Gasteiger partial charge on any atom is 0.193 e. The Balaban J connectivity index is 1.62. The third-order valence-electron chi connectivity index (χ3n) is 4.38. The summed E-state index contributed by atoms with van der Waals surface area (Å²) in [6.45, 7) is 0. The Morgan fingerprint density at radius 1 is 1.08 bits per heavy atom. The number of nitrogens with one attached hydrogen (secondary N) is 1. The summed E-state index contributed by atoms with van der Waals surface area (Å²) in [5.74, 6) is 2.42. The highest BCUT2D eigenvalue weighted by atomic mass is 16.5. The molecule has 1 saturated carbocycles. The highest BCUT2D eigenvalue weighted by Crippen LogP contribution is 2.38. The van der Waals surface area contributed by atoms with Crippen LogP contribution in [0.2, 0.25) is 0 Å². The zero-order chi connectivity index (χ0) is 16.9. The van der Waals surface area contributed by atoms with Crippen LogP contribution in [-0.2, 0) is 0 Å². The first kappa shape index (κ1) is 16.2. The van der Waals surface area contributed by atoms with Gasteiger partial charge in [0, 0.05) is 6.07 Å². The highest BCUT2D eigenvalue weighted by Gasteiger charge is 2.30. The van der Waals surface area contributed by atoms with Crippen molar-refractivity contribution in [3.63, 3.8) is 0 Å². The Labute approximate surface area is 142 Å². The van der Waals surface area contributed by atoms with Crippen LogP contribution >= 0.6 is 0 Å². The normalized spacial score (nSPS) is 20.2. The third kappa shape index (κ3) is 3.62. The van der Waals surface area contributed by atoms with Crippen LogP contribution < -0.4 is 20.5 Å². The van der Waals surface area contributed by atoms with E-state index in [1.807, 2.05) is 24.3 Å². The molecule has 0 bridgehead atoms. The zero-order valence-electron chi connectivity index (χ0n) is 14.0. The van der Waals surface area contributed by atoms with Crippen molar-refractivity contribution in [3.05, 3.63) is 54.1 Å². The fourth-order valence-corrected chi connectivity index (χ4v) is 2.97. The second kappa shape index (κ2) is 7.25. The van der Waals surface area contributed by atoms with Gasteiger partial charge in [0.1, 0.15) is 11.5 Å². The smallest absolute Gasteiger partial charge is 0.193 e. The molecule has 3 rings (SSSR count). The molecule has 1 aliphatic rings. The van der Waals surface area contributed by atoms with E-state index in [4.69, 9.17) is 15.2 Å². The first-order valence-electron chi connectivity index (χ1n) is 8.07. The molecule has 0 unspecified atom stereocenters. The van der Waals surface area contributed by atoms with Crippen LogP contribution in [0.5, 0.6) is 11.5 Å².